The maximum atomic E-state index is 11.1. The number of nitrogens with two attached hydrogens (primary N) is 1. The van der Waals surface area contributed by atoms with E-state index >= 15 is 0 Å². The Morgan fingerprint density at radius 1 is 1.54 bits per heavy atom. The molecule has 0 aliphatic carbocycles. The van der Waals surface area contributed by atoms with Crippen molar-refractivity contribution >= 4 is 21.6 Å². The van der Waals surface area contributed by atoms with Crippen LogP contribution in [0.4, 0.5) is 0 Å². The van der Waals surface area contributed by atoms with E-state index in [9.17, 15) is 8.42 Å². The Bertz CT molecular complexity index is 266. The van der Waals surface area contributed by atoms with Crippen LogP contribution < -0.4 is 5.73 Å². The molecule has 1 saturated heterocycles. The van der Waals surface area contributed by atoms with Crippen molar-refractivity contribution in [3.05, 3.63) is 0 Å². The highest BCUT2D eigenvalue weighted by Crippen LogP contribution is 2.26. The van der Waals surface area contributed by atoms with Crippen LogP contribution in [0.5, 0.6) is 0 Å². The molecule has 0 radical (unpaired) electrons. The summed E-state index contributed by atoms with van der Waals surface area (Å²) in [7, 11) is -2.72. The van der Waals surface area contributed by atoms with E-state index in [0.717, 1.165) is 12.2 Å². The van der Waals surface area contributed by atoms with Crippen LogP contribution in [0, 0.1) is 0 Å². The third-order valence-electron chi connectivity index (χ3n) is 1.88. The molecular formula is C8H17NO2S2. The molecule has 1 rings (SSSR count). The van der Waals surface area contributed by atoms with E-state index in [4.69, 9.17) is 5.73 Å². The summed E-state index contributed by atoms with van der Waals surface area (Å²) in [5.41, 5.74) is 5.61. The van der Waals surface area contributed by atoms with Gasteiger partial charge in [-0.1, -0.05) is 0 Å². The second-order valence-electron chi connectivity index (χ2n) is 4.32. The fourth-order valence-corrected chi connectivity index (χ4v) is 4.87. The molecule has 0 spiro atoms. The van der Waals surface area contributed by atoms with Gasteiger partial charge in [-0.25, -0.2) is 8.42 Å². The molecule has 0 bridgehead atoms. The molecule has 0 amide bonds. The average Bonchev–Trinajstić information content (AvgIpc) is 2.24. The molecule has 13 heavy (non-hydrogen) atoms. The Kier molecular flexibility index (Phi) is 3.30. The first-order chi connectivity index (χ1) is 5.79. The van der Waals surface area contributed by atoms with Crippen LogP contribution in [0.25, 0.3) is 0 Å². The highest BCUT2D eigenvalue weighted by Gasteiger charge is 2.29. The van der Waals surface area contributed by atoms with Gasteiger partial charge in [0.2, 0.25) is 0 Å². The number of hydrogen-bond acceptors (Lipinski definition) is 4. The molecule has 78 valence electrons. The average molecular weight is 223 g/mol. The van der Waals surface area contributed by atoms with Crippen molar-refractivity contribution in [2.45, 2.75) is 31.1 Å². The monoisotopic (exact) mass is 223 g/mol. The Morgan fingerprint density at radius 2 is 2.15 bits per heavy atom. The van der Waals surface area contributed by atoms with E-state index in [1.165, 1.54) is 0 Å². The maximum Gasteiger partial charge on any atom is 0.151 e. The fourth-order valence-electron chi connectivity index (χ4n) is 1.22. The fraction of sp³-hybridized carbons (Fsp3) is 1.00. The standard InChI is InChI=1S/C8H17NO2S2/c1-8(2,9)6-12-7-3-4-13(10,11)5-7/h7H,3-6,9H2,1-2H3. The number of hydrogen-bond donors (Lipinski definition) is 1. The van der Waals surface area contributed by atoms with E-state index in [1.807, 2.05) is 13.8 Å². The van der Waals surface area contributed by atoms with Gasteiger partial charge in [-0.15, -0.1) is 0 Å². The van der Waals surface area contributed by atoms with E-state index < -0.39 is 9.84 Å². The normalized spacial score (nSPS) is 27.8. The molecule has 0 aromatic carbocycles. The zero-order valence-corrected chi connectivity index (χ0v) is 9.75. The molecule has 1 atom stereocenters. The third-order valence-corrected chi connectivity index (χ3v) is 5.65. The molecule has 1 fully saturated rings. The van der Waals surface area contributed by atoms with Crippen molar-refractivity contribution in [2.24, 2.45) is 5.73 Å². The first kappa shape index (κ1) is 11.3. The summed E-state index contributed by atoms with van der Waals surface area (Å²) in [5.74, 6) is 1.52. The highest BCUT2D eigenvalue weighted by molar-refractivity contribution is 8.01. The van der Waals surface area contributed by atoms with E-state index in [0.29, 0.717) is 11.5 Å². The number of rotatable bonds is 3. The Balaban J connectivity index is 2.34. The van der Waals surface area contributed by atoms with E-state index in [1.54, 1.807) is 11.8 Å². The molecule has 0 aromatic rings. The molecule has 0 saturated carbocycles. The quantitative estimate of drug-likeness (QED) is 0.763. The largest absolute Gasteiger partial charge is 0.325 e. The summed E-state index contributed by atoms with van der Waals surface area (Å²) in [6, 6.07) is 0. The van der Waals surface area contributed by atoms with Gasteiger partial charge < -0.3 is 5.73 Å². The van der Waals surface area contributed by atoms with Crippen LogP contribution in [-0.2, 0) is 9.84 Å². The number of sulfone groups is 1. The second kappa shape index (κ2) is 3.79. The lowest BCUT2D eigenvalue weighted by Gasteiger charge is -2.19. The minimum absolute atomic E-state index is 0.197. The van der Waals surface area contributed by atoms with Gasteiger partial charge in [0.05, 0.1) is 11.5 Å². The van der Waals surface area contributed by atoms with Crippen molar-refractivity contribution in [2.75, 3.05) is 17.3 Å². The summed E-state index contributed by atoms with van der Waals surface area (Å²) in [5, 5.41) is 0.271. The van der Waals surface area contributed by atoms with Crippen LogP contribution in [0.3, 0.4) is 0 Å². The van der Waals surface area contributed by atoms with Crippen molar-refractivity contribution in [1.29, 1.82) is 0 Å². The van der Waals surface area contributed by atoms with Gasteiger partial charge in [0.1, 0.15) is 0 Å². The van der Waals surface area contributed by atoms with Gasteiger partial charge in [-0.3, -0.25) is 0 Å². The lowest BCUT2D eigenvalue weighted by molar-refractivity contribution is 0.589. The molecule has 3 nitrogen and oxygen atoms in total. The second-order valence-corrected chi connectivity index (χ2v) is 7.84. The summed E-state index contributed by atoms with van der Waals surface area (Å²) >= 11 is 1.69. The smallest absolute Gasteiger partial charge is 0.151 e. The predicted octanol–water partition coefficient (Wildman–Crippen LogP) is 0.644. The van der Waals surface area contributed by atoms with Crippen molar-refractivity contribution in [1.82, 2.24) is 0 Å². The third kappa shape index (κ3) is 4.33. The van der Waals surface area contributed by atoms with Crippen LogP contribution in [0.2, 0.25) is 0 Å². The first-order valence-corrected chi connectivity index (χ1v) is 7.26. The van der Waals surface area contributed by atoms with Crippen LogP contribution >= 0.6 is 11.8 Å². The maximum absolute atomic E-state index is 11.1. The van der Waals surface area contributed by atoms with Crippen LogP contribution in [0.15, 0.2) is 0 Å². The summed E-state index contributed by atoms with van der Waals surface area (Å²) < 4.78 is 22.2. The Labute approximate surface area is 84.4 Å². The zero-order valence-electron chi connectivity index (χ0n) is 8.12. The Morgan fingerprint density at radius 3 is 2.54 bits per heavy atom. The Hall–Kier alpha value is 0.260. The summed E-state index contributed by atoms with van der Waals surface area (Å²) in [6.45, 7) is 3.92. The lowest BCUT2D eigenvalue weighted by atomic mass is 10.1. The van der Waals surface area contributed by atoms with Crippen LogP contribution in [0.1, 0.15) is 20.3 Å². The molecule has 0 aromatic heterocycles. The molecular weight excluding hydrogens is 206 g/mol. The van der Waals surface area contributed by atoms with Gasteiger partial charge in [0.25, 0.3) is 0 Å². The first-order valence-electron chi connectivity index (χ1n) is 4.39. The van der Waals surface area contributed by atoms with Crippen LogP contribution in [-0.4, -0.2) is 36.5 Å². The van der Waals surface area contributed by atoms with Gasteiger partial charge >= 0.3 is 0 Å². The van der Waals surface area contributed by atoms with Crippen molar-refractivity contribution < 1.29 is 8.42 Å². The summed E-state index contributed by atoms with van der Waals surface area (Å²) in [6.07, 6.45) is 0.795. The highest BCUT2D eigenvalue weighted by atomic mass is 32.2. The van der Waals surface area contributed by atoms with Crippen molar-refractivity contribution in [3.8, 4) is 0 Å². The van der Waals surface area contributed by atoms with Gasteiger partial charge in [0, 0.05) is 16.5 Å². The summed E-state index contributed by atoms with van der Waals surface area (Å²) in [4.78, 5) is 0. The van der Waals surface area contributed by atoms with E-state index in [2.05, 4.69) is 0 Å². The predicted molar refractivity (Wildman–Crippen MR) is 57.8 cm³/mol. The van der Waals surface area contributed by atoms with Crippen molar-refractivity contribution in [3.63, 3.8) is 0 Å². The molecule has 1 unspecified atom stereocenters. The topological polar surface area (TPSA) is 60.2 Å². The van der Waals surface area contributed by atoms with Gasteiger partial charge in [0.15, 0.2) is 9.84 Å². The molecule has 1 aliphatic heterocycles. The van der Waals surface area contributed by atoms with Gasteiger partial charge in [-0.2, -0.15) is 11.8 Å². The number of thioether (sulfide) groups is 1. The SMILES string of the molecule is CC(C)(N)CSC1CCS(=O)(=O)C1. The molecule has 1 aliphatic rings. The minimum atomic E-state index is -2.72. The molecule has 2 N–H and O–H groups in total. The molecule has 5 heteroatoms. The van der Waals surface area contributed by atoms with Gasteiger partial charge in [-0.05, 0) is 20.3 Å². The zero-order chi connectivity index (χ0) is 10.1. The minimum Gasteiger partial charge on any atom is -0.325 e. The lowest BCUT2D eigenvalue weighted by Crippen LogP contribution is -2.35. The molecule has 1 heterocycles. The van der Waals surface area contributed by atoms with E-state index in [-0.39, 0.29) is 10.8 Å².